The minimum Gasteiger partial charge on any atom is -0.464 e. The van der Waals surface area contributed by atoms with Crippen LogP contribution in [-0.2, 0) is 14.9 Å². The van der Waals surface area contributed by atoms with E-state index in [1.165, 1.54) is 18.4 Å². The molecule has 0 aliphatic carbocycles. The monoisotopic (exact) mass is 229 g/mol. The van der Waals surface area contributed by atoms with Gasteiger partial charge in [-0.15, -0.1) is 11.3 Å². The van der Waals surface area contributed by atoms with Gasteiger partial charge in [-0.1, -0.05) is 13.8 Å². The molecule has 1 aromatic rings. The second-order valence-corrected chi connectivity index (χ2v) is 4.70. The highest BCUT2D eigenvalue weighted by atomic mass is 32.1. The number of hydrogen-bond donors (Lipinski definition) is 0. The van der Waals surface area contributed by atoms with Crippen molar-refractivity contribution in [3.05, 3.63) is 16.1 Å². The van der Waals surface area contributed by atoms with Gasteiger partial charge in [0.25, 0.3) is 0 Å². The maximum atomic E-state index is 11.2. The molecule has 0 N–H and O–H groups in total. The van der Waals surface area contributed by atoms with E-state index >= 15 is 0 Å². The SMILES string of the molecule is COCC(C)(C)c1nc(C(=O)OC)cs1. The van der Waals surface area contributed by atoms with Crippen LogP contribution in [0.3, 0.4) is 0 Å². The summed E-state index contributed by atoms with van der Waals surface area (Å²) in [7, 11) is 3.00. The molecule has 0 aromatic carbocycles. The van der Waals surface area contributed by atoms with Crippen LogP contribution in [0.15, 0.2) is 5.38 Å². The van der Waals surface area contributed by atoms with E-state index in [1.807, 2.05) is 13.8 Å². The molecular weight excluding hydrogens is 214 g/mol. The first-order valence-corrected chi connectivity index (χ1v) is 5.42. The highest BCUT2D eigenvalue weighted by Crippen LogP contribution is 2.26. The molecule has 0 bridgehead atoms. The summed E-state index contributed by atoms with van der Waals surface area (Å²) < 4.78 is 9.70. The van der Waals surface area contributed by atoms with Gasteiger partial charge in [0.05, 0.1) is 13.7 Å². The van der Waals surface area contributed by atoms with E-state index in [0.717, 1.165) is 5.01 Å². The number of carbonyl (C=O) groups is 1. The maximum absolute atomic E-state index is 11.2. The largest absolute Gasteiger partial charge is 0.464 e. The summed E-state index contributed by atoms with van der Waals surface area (Å²) in [6.45, 7) is 4.62. The third kappa shape index (κ3) is 2.76. The summed E-state index contributed by atoms with van der Waals surface area (Å²) in [4.78, 5) is 15.4. The zero-order chi connectivity index (χ0) is 11.5. The molecular formula is C10H15NO3S. The lowest BCUT2D eigenvalue weighted by Crippen LogP contribution is -2.23. The van der Waals surface area contributed by atoms with Gasteiger partial charge in [0.2, 0.25) is 0 Å². The number of nitrogens with zero attached hydrogens (tertiary/aromatic N) is 1. The molecule has 0 atom stereocenters. The number of carbonyl (C=O) groups excluding carboxylic acids is 1. The van der Waals surface area contributed by atoms with E-state index in [9.17, 15) is 4.79 Å². The van der Waals surface area contributed by atoms with Crippen molar-refractivity contribution in [1.82, 2.24) is 4.98 Å². The molecule has 0 radical (unpaired) electrons. The van der Waals surface area contributed by atoms with Crippen LogP contribution >= 0.6 is 11.3 Å². The van der Waals surface area contributed by atoms with Crippen LogP contribution in [0.2, 0.25) is 0 Å². The van der Waals surface area contributed by atoms with E-state index in [-0.39, 0.29) is 5.41 Å². The molecule has 1 heterocycles. The Morgan fingerprint density at radius 2 is 2.20 bits per heavy atom. The predicted molar refractivity (Wildman–Crippen MR) is 58.4 cm³/mol. The van der Waals surface area contributed by atoms with Crippen LogP contribution in [0, 0.1) is 0 Å². The second kappa shape index (κ2) is 4.72. The number of ether oxygens (including phenoxy) is 2. The number of hydrogen-bond acceptors (Lipinski definition) is 5. The zero-order valence-corrected chi connectivity index (χ0v) is 10.2. The van der Waals surface area contributed by atoms with Gasteiger partial charge in [0.15, 0.2) is 5.69 Å². The Balaban J connectivity index is 2.88. The first-order chi connectivity index (χ1) is 7.01. The van der Waals surface area contributed by atoms with Crippen molar-refractivity contribution in [2.75, 3.05) is 20.8 Å². The molecule has 84 valence electrons. The third-order valence-electron chi connectivity index (χ3n) is 1.98. The Labute approximate surface area is 93.2 Å². The van der Waals surface area contributed by atoms with Gasteiger partial charge in [-0.05, 0) is 0 Å². The van der Waals surface area contributed by atoms with Crippen molar-refractivity contribution in [1.29, 1.82) is 0 Å². The molecule has 1 aromatic heterocycles. The lowest BCUT2D eigenvalue weighted by molar-refractivity contribution is 0.0594. The summed E-state index contributed by atoms with van der Waals surface area (Å²) in [5.74, 6) is -0.397. The van der Waals surface area contributed by atoms with Crippen LogP contribution in [0.4, 0.5) is 0 Å². The summed E-state index contributed by atoms with van der Waals surface area (Å²) in [6.07, 6.45) is 0. The minimum absolute atomic E-state index is 0.175. The quantitative estimate of drug-likeness (QED) is 0.739. The highest BCUT2D eigenvalue weighted by Gasteiger charge is 2.25. The smallest absolute Gasteiger partial charge is 0.357 e. The molecule has 5 heteroatoms. The molecule has 0 spiro atoms. The summed E-state index contributed by atoms with van der Waals surface area (Å²) in [5.41, 5.74) is 0.188. The highest BCUT2D eigenvalue weighted by molar-refractivity contribution is 7.10. The number of rotatable bonds is 4. The van der Waals surface area contributed by atoms with Crippen LogP contribution in [0.1, 0.15) is 29.3 Å². The predicted octanol–water partition coefficient (Wildman–Crippen LogP) is 1.85. The van der Waals surface area contributed by atoms with E-state index in [2.05, 4.69) is 9.72 Å². The molecule has 4 nitrogen and oxygen atoms in total. The molecule has 0 amide bonds. The fraction of sp³-hybridized carbons (Fsp3) is 0.600. The van der Waals surface area contributed by atoms with Gasteiger partial charge in [0.1, 0.15) is 5.01 Å². The molecule has 0 aliphatic heterocycles. The Bertz CT molecular complexity index is 346. The van der Waals surface area contributed by atoms with Gasteiger partial charge >= 0.3 is 5.97 Å². The normalized spacial score (nSPS) is 11.5. The van der Waals surface area contributed by atoms with Gasteiger partial charge in [-0.25, -0.2) is 9.78 Å². The maximum Gasteiger partial charge on any atom is 0.357 e. The summed E-state index contributed by atoms with van der Waals surface area (Å²) in [5, 5.41) is 2.59. The van der Waals surface area contributed by atoms with Crippen LogP contribution in [0.5, 0.6) is 0 Å². The third-order valence-corrected chi connectivity index (χ3v) is 3.19. The Morgan fingerprint density at radius 3 is 2.73 bits per heavy atom. The Hall–Kier alpha value is -0.940. The lowest BCUT2D eigenvalue weighted by atomic mass is 9.96. The van der Waals surface area contributed by atoms with E-state index in [4.69, 9.17) is 4.74 Å². The molecule has 0 fully saturated rings. The van der Waals surface area contributed by atoms with Gasteiger partial charge in [-0.2, -0.15) is 0 Å². The fourth-order valence-electron chi connectivity index (χ4n) is 1.21. The van der Waals surface area contributed by atoms with Crippen molar-refractivity contribution in [3.8, 4) is 0 Å². The van der Waals surface area contributed by atoms with Crippen LogP contribution in [0.25, 0.3) is 0 Å². The lowest BCUT2D eigenvalue weighted by Gasteiger charge is -2.20. The Kier molecular flexibility index (Phi) is 3.82. The molecule has 0 aliphatic rings. The van der Waals surface area contributed by atoms with Crippen molar-refractivity contribution >= 4 is 17.3 Å². The number of methoxy groups -OCH3 is 2. The second-order valence-electron chi connectivity index (χ2n) is 3.85. The number of aromatic nitrogens is 1. The number of thiazole rings is 1. The van der Waals surface area contributed by atoms with Crippen molar-refractivity contribution in [3.63, 3.8) is 0 Å². The van der Waals surface area contributed by atoms with Gasteiger partial charge in [0, 0.05) is 17.9 Å². The summed E-state index contributed by atoms with van der Waals surface area (Å²) >= 11 is 1.45. The van der Waals surface area contributed by atoms with Crippen LogP contribution < -0.4 is 0 Å². The molecule has 0 saturated heterocycles. The minimum atomic E-state index is -0.397. The van der Waals surface area contributed by atoms with Gasteiger partial charge in [-0.3, -0.25) is 0 Å². The average molecular weight is 229 g/mol. The van der Waals surface area contributed by atoms with Crippen LogP contribution in [-0.4, -0.2) is 31.8 Å². The molecule has 0 saturated carbocycles. The molecule has 15 heavy (non-hydrogen) atoms. The van der Waals surface area contributed by atoms with E-state index in [0.29, 0.717) is 12.3 Å². The summed E-state index contributed by atoms with van der Waals surface area (Å²) in [6, 6.07) is 0. The number of esters is 1. The topological polar surface area (TPSA) is 48.4 Å². The van der Waals surface area contributed by atoms with Crippen molar-refractivity contribution < 1.29 is 14.3 Å². The average Bonchev–Trinajstić information content (AvgIpc) is 2.66. The Morgan fingerprint density at radius 1 is 1.53 bits per heavy atom. The zero-order valence-electron chi connectivity index (χ0n) is 9.36. The van der Waals surface area contributed by atoms with Crippen molar-refractivity contribution in [2.24, 2.45) is 0 Å². The standard InChI is InChI=1S/C10H15NO3S/c1-10(2,6-13-3)9-11-7(5-15-9)8(12)14-4/h5H,6H2,1-4H3. The molecule has 1 rings (SSSR count). The van der Waals surface area contributed by atoms with E-state index in [1.54, 1.807) is 12.5 Å². The van der Waals surface area contributed by atoms with E-state index < -0.39 is 5.97 Å². The first kappa shape index (κ1) is 12.1. The molecule has 0 unspecified atom stereocenters. The first-order valence-electron chi connectivity index (χ1n) is 4.54. The van der Waals surface area contributed by atoms with Crippen molar-refractivity contribution in [2.45, 2.75) is 19.3 Å². The van der Waals surface area contributed by atoms with Gasteiger partial charge < -0.3 is 9.47 Å². The fourth-order valence-corrected chi connectivity index (χ4v) is 2.11.